The molecule has 0 aliphatic rings. The molecule has 40 valence electrons. The molecule has 8 heteroatoms. The van der Waals surface area contributed by atoms with Crippen LogP contribution >= 0.6 is 7.82 Å². The van der Waals surface area contributed by atoms with Gasteiger partial charge in [0.25, 0.3) is 0 Å². The van der Waals surface area contributed by atoms with Crippen LogP contribution in [-0.4, -0.2) is 73.8 Å². The van der Waals surface area contributed by atoms with Crippen LogP contribution in [0.25, 0.3) is 0 Å². The fraction of sp³-hybridized carbons (Fsp3) is 0. The van der Waals surface area contributed by atoms with E-state index in [1.54, 1.807) is 0 Å². The fourth-order valence-corrected chi connectivity index (χ4v) is 0. The first kappa shape index (κ1) is 22.4. The van der Waals surface area contributed by atoms with E-state index in [0.29, 0.717) is 0 Å². The molecule has 0 aromatic rings. The molecule has 8 heavy (non-hydrogen) atoms. The third-order valence-corrected chi connectivity index (χ3v) is 0. The van der Waals surface area contributed by atoms with Gasteiger partial charge in [-0.3, -0.25) is 0 Å². The van der Waals surface area contributed by atoms with Gasteiger partial charge in [0.2, 0.25) is 0 Å². The molecule has 0 fully saturated rings. The molecule has 0 spiro atoms. The van der Waals surface area contributed by atoms with Gasteiger partial charge in [-0.05, 0) is 0 Å². The van der Waals surface area contributed by atoms with E-state index in [-0.39, 0.29) is 85.3 Å². The molecule has 0 saturated heterocycles. The van der Waals surface area contributed by atoms with E-state index in [1.807, 2.05) is 0 Å². The molecule has 0 aliphatic heterocycles. The molecule has 4 nitrogen and oxygen atoms in total. The van der Waals surface area contributed by atoms with Crippen molar-refractivity contribution in [1.82, 2.24) is 0 Å². The smallest absolute Gasteiger partial charge is 0 e. The predicted octanol–water partition coefficient (Wildman–Crippen LogP) is -2.23. The molecule has 0 saturated carbocycles. The van der Waals surface area contributed by atoms with Gasteiger partial charge in [-0.1, -0.05) is 0 Å². The van der Waals surface area contributed by atoms with Crippen LogP contribution in [0.15, 0.2) is 0 Å². The maximum atomic E-state index is 8.88. The van der Waals surface area contributed by atoms with Gasteiger partial charge >= 0.3 is 66.9 Å². The molecule has 0 rings (SSSR count). The Kier molecular flexibility index (Phi) is 28.0. The van der Waals surface area contributed by atoms with Crippen molar-refractivity contribution in [1.29, 1.82) is 0 Å². The summed E-state index contributed by atoms with van der Waals surface area (Å²) in [5, 5.41) is 0. The summed E-state index contributed by atoms with van der Waals surface area (Å²) >= 11 is 0. The Morgan fingerprint density at radius 2 is 1.00 bits per heavy atom. The Morgan fingerprint density at radius 3 is 1.00 bits per heavy atom. The van der Waals surface area contributed by atoms with Crippen LogP contribution < -0.4 is 0 Å². The average molecular weight is 237 g/mol. The van der Waals surface area contributed by atoms with Crippen molar-refractivity contribution < 1.29 is 45.4 Å². The van der Waals surface area contributed by atoms with Crippen LogP contribution in [0.2, 0.25) is 0 Å². The summed E-state index contributed by atoms with van der Waals surface area (Å²) in [6.07, 6.45) is 0. The zero-order valence-corrected chi connectivity index (χ0v) is 6.05. The molecule has 3 N–H and O–H groups in total. The van der Waals surface area contributed by atoms with Crippen molar-refractivity contribution in [3.05, 3.63) is 0 Å². The van der Waals surface area contributed by atoms with Gasteiger partial charge in [-0.2, -0.15) is 0 Å². The first-order chi connectivity index (χ1) is 2.00. The van der Waals surface area contributed by atoms with Crippen LogP contribution in [-0.2, 0) is 30.8 Å². The van der Waals surface area contributed by atoms with E-state index in [9.17, 15) is 0 Å². The Morgan fingerprint density at radius 1 is 1.00 bits per heavy atom. The van der Waals surface area contributed by atoms with Crippen molar-refractivity contribution in [2.45, 2.75) is 0 Å². The van der Waals surface area contributed by atoms with E-state index in [1.165, 1.54) is 0 Å². The Labute approximate surface area is 110 Å². The van der Waals surface area contributed by atoms with Gasteiger partial charge in [0.15, 0.2) is 0 Å². The first-order valence-corrected chi connectivity index (χ1v) is 2.35. The molecule has 0 aromatic carbocycles. The van der Waals surface area contributed by atoms with Crippen molar-refractivity contribution in [3.63, 3.8) is 0 Å². The van der Waals surface area contributed by atoms with Crippen LogP contribution in [0, 0.1) is 0 Å². The van der Waals surface area contributed by atoms with Crippen molar-refractivity contribution in [2.75, 3.05) is 0 Å². The molecule has 0 aromatic heterocycles. The van der Waals surface area contributed by atoms with Gasteiger partial charge in [0, 0.05) is 26.2 Å². The number of rotatable bonds is 0. The Bertz CT molecular complexity index is 60.2. The van der Waals surface area contributed by atoms with Crippen molar-refractivity contribution >= 4 is 66.9 Å². The second-order valence-corrected chi connectivity index (χ2v) is 1.54. The molecular weight excluding hydrogens is 232 g/mol. The van der Waals surface area contributed by atoms with E-state index in [4.69, 9.17) is 19.2 Å². The zero-order valence-electron chi connectivity index (χ0n) is 2.70. The normalized spacial score (nSPS) is 7.38. The van der Waals surface area contributed by atoms with Crippen LogP contribution in [0.4, 0.5) is 0 Å². The largest absolute Gasteiger partial charge is 0 e. The van der Waals surface area contributed by atoms with Gasteiger partial charge in [-0.25, -0.2) is 4.57 Å². The summed E-state index contributed by atoms with van der Waals surface area (Å²) in [6, 6.07) is 0. The molecule has 0 unspecified atom stereocenters. The predicted molar refractivity (Wildman–Crippen MR) is 28.6 cm³/mol. The molecule has 0 radical (unpaired) electrons. The average Bonchev–Trinajstić information content (AvgIpc) is 0.722. The fourth-order valence-electron chi connectivity index (χ4n) is 0. The van der Waals surface area contributed by atoms with Gasteiger partial charge in [-0.15, -0.1) is 0 Å². The molecule has 0 amide bonds. The molecule has 0 atom stereocenters. The molecule has 0 bridgehead atoms. The Hall–Kier alpha value is 2.99. The monoisotopic (exact) mass is 236 g/mol. The minimum Gasteiger partial charge on any atom is 0 e. The maximum absolute atomic E-state index is 8.88. The van der Waals surface area contributed by atoms with E-state index in [2.05, 4.69) is 0 Å². The third-order valence-electron chi connectivity index (χ3n) is 0. The second kappa shape index (κ2) is 9.99. The summed E-state index contributed by atoms with van der Waals surface area (Å²) in [7, 11) is -4.64. The number of hydrogen-bond acceptors (Lipinski definition) is 1. The Balaban J connectivity index is -0.0000000267. The van der Waals surface area contributed by atoms with Crippen LogP contribution in [0.5, 0.6) is 0 Å². The van der Waals surface area contributed by atoms with Gasteiger partial charge < -0.3 is 14.7 Å². The number of hydrogen-bond donors (Lipinski definition) is 3. The van der Waals surface area contributed by atoms with Gasteiger partial charge in [0.05, 0.1) is 0 Å². The second-order valence-electron chi connectivity index (χ2n) is 0.513. The maximum Gasteiger partial charge on any atom is 0 e. The molecule has 0 heterocycles. The molecular formula is H5Na2O4PZr. The van der Waals surface area contributed by atoms with Gasteiger partial charge in [0.1, 0.15) is 0 Å². The zero-order chi connectivity index (χ0) is 4.50. The summed E-state index contributed by atoms with van der Waals surface area (Å²) in [4.78, 5) is 21.6. The van der Waals surface area contributed by atoms with Crippen molar-refractivity contribution in [2.24, 2.45) is 0 Å². The number of phosphoric acid groups is 1. The van der Waals surface area contributed by atoms with E-state index >= 15 is 0 Å². The topological polar surface area (TPSA) is 77.8 Å². The first-order valence-electron chi connectivity index (χ1n) is 0.783. The summed E-state index contributed by atoms with van der Waals surface area (Å²) in [5.41, 5.74) is 0. The molecule has 0 aliphatic carbocycles. The summed E-state index contributed by atoms with van der Waals surface area (Å²) < 4.78 is 8.88. The van der Waals surface area contributed by atoms with Crippen molar-refractivity contribution in [3.8, 4) is 0 Å². The summed E-state index contributed by atoms with van der Waals surface area (Å²) in [6.45, 7) is 0. The van der Waals surface area contributed by atoms with E-state index < -0.39 is 7.82 Å². The third kappa shape index (κ3) is 64.1. The standard InChI is InChI=1S/2Na.H3O4P.Zr.2H/c;;1-5(2,3)4;;;/h;;(H3,1,2,3,4);;;. The quantitative estimate of drug-likeness (QED) is 0.329. The van der Waals surface area contributed by atoms with E-state index in [0.717, 1.165) is 0 Å². The SMILES string of the molecule is O=P(O)(O)O.[NaH].[NaH].[Zr]. The minimum absolute atomic E-state index is 0. The summed E-state index contributed by atoms with van der Waals surface area (Å²) in [5.74, 6) is 0. The minimum atomic E-state index is -4.64. The van der Waals surface area contributed by atoms with Crippen LogP contribution in [0.1, 0.15) is 0 Å². The van der Waals surface area contributed by atoms with Crippen LogP contribution in [0.3, 0.4) is 0 Å².